The fraction of sp³-hybridized carbons (Fsp3) is 0.500. The summed E-state index contributed by atoms with van der Waals surface area (Å²) in [5.41, 5.74) is 0. The summed E-state index contributed by atoms with van der Waals surface area (Å²) in [6, 6.07) is 1.38. The van der Waals surface area contributed by atoms with Gasteiger partial charge in [-0.2, -0.15) is 0 Å². The molecule has 0 saturated carbocycles. The van der Waals surface area contributed by atoms with Crippen molar-refractivity contribution in [2.75, 3.05) is 11.9 Å². The lowest BCUT2D eigenvalue weighted by Crippen LogP contribution is -2.10. The third-order valence-corrected chi connectivity index (χ3v) is 2.96. The average molecular weight is 296 g/mol. The van der Waals surface area contributed by atoms with Gasteiger partial charge in [0.2, 0.25) is 0 Å². The quantitative estimate of drug-likeness (QED) is 0.836. The molecule has 0 saturated heterocycles. The smallest absolute Gasteiger partial charge is 0.166 e. The zero-order chi connectivity index (χ0) is 11.3. The van der Waals surface area contributed by atoms with Crippen molar-refractivity contribution in [3.05, 3.63) is 22.6 Å². The van der Waals surface area contributed by atoms with Crippen molar-refractivity contribution in [3.8, 4) is 0 Å². The normalized spacial score (nSPS) is 12.5. The zero-order valence-electron chi connectivity index (χ0n) is 8.43. The Bertz CT molecular complexity index is 322. The molecule has 0 fully saturated rings. The predicted molar refractivity (Wildman–Crippen MR) is 64.9 cm³/mol. The molecule has 1 rings (SSSR count). The van der Waals surface area contributed by atoms with Crippen LogP contribution in [0, 0.1) is 5.82 Å². The lowest BCUT2D eigenvalue weighted by Gasteiger charge is -2.08. The number of pyridine rings is 1. The second-order valence-corrected chi connectivity index (χ2v) is 4.74. The maximum Gasteiger partial charge on any atom is 0.166 e. The molecule has 1 atom stereocenters. The van der Waals surface area contributed by atoms with Gasteiger partial charge >= 0.3 is 0 Å². The molecule has 1 unspecified atom stereocenters. The van der Waals surface area contributed by atoms with E-state index in [1.165, 1.54) is 6.07 Å². The lowest BCUT2D eigenvalue weighted by atomic mass is 10.2. The topological polar surface area (TPSA) is 24.9 Å². The van der Waals surface area contributed by atoms with Crippen LogP contribution < -0.4 is 5.32 Å². The first-order valence-corrected chi connectivity index (χ1v) is 6.05. The number of rotatable bonds is 5. The molecule has 1 aromatic heterocycles. The third-order valence-electron chi connectivity index (χ3n) is 2.00. The molecule has 1 N–H and O–H groups in total. The van der Waals surface area contributed by atoms with Crippen LogP contribution in [0.2, 0.25) is 0 Å². The maximum absolute atomic E-state index is 13.3. The number of nitrogens with one attached hydrogen (secondary N) is 1. The second kappa shape index (κ2) is 6.28. The monoisotopic (exact) mass is 294 g/mol. The molecule has 84 valence electrons. The Labute approximate surface area is 102 Å². The molecule has 1 heterocycles. The summed E-state index contributed by atoms with van der Waals surface area (Å²) in [5.74, 6) is -0.0786. The summed E-state index contributed by atoms with van der Waals surface area (Å²) in [6.45, 7) is 2.66. The van der Waals surface area contributed by atoms with Gasteiger partial charge in [-0.3, -0.25) is 0 Å². The van der Waals surface area contributed by atoms with Gasteiger partial charge in [0.15, 0.2) is 11.6 Å². The van der Waals surface area contributed by atoms with E-state index in [-0.39, 0.29) is 17.0 Å². The van der Waals surface area contributed by atoms with Gasteiger partial charge in [-0.15, -0.1) is 11.6 Å². The highest BCUT2D eigenvalue weighted by Crippen LogP contribution is 2.16. The first kappa shape index (κ1) is 12.7. The Hall–Kier alpha value is -0.350. The fourth-order valence-corrected chi connectivity index (χ4v) is 1.51. The summed E-state index contributed by atoms with van der Waals surface area (Å²) in [5, 5.41) is 3.05. The van der Waals surface area contributed by atoms with Gasteiger partial charge in [0.25, 0.3) is 0 Å². The minimum Gasteiger partial charge on any atom is -0.368 e. The predicted octanol–water partition coefficient (Wildman–Crippen LogP) is 3.80. The van der Waals surface area contributed by atoms with Gasteiger partial charge in [0.05, 0.1) is 0 Å². The van der Waals surface area contributed by atoms with Crippen LogP contribution >= 0.6 is 27.5 Å². The maximum atomic E-state index is 13.3. The van der Waals surface area contributed by atoms with Crippen molar-refractivity contribution in [1.29, 1.82) is 0 Å². The Balaban J connectivity index is 2.44. The summed E-state index contributed by atoms with van der Waals surface area (Å²) < 4.78 is 13.9. The van der Waals surface area contributed by atoms with E-state index in [9.17, 15) is 4.39 Å². The number of hydrogen-bond donors (Lipinski definition) is 1. The molecule has 1 aromatic rings. The molecule has 0 radical (unpaired) electrons. The molecule has 0 amide bonds. The standard InChI is InChI=1S/C10H13BrClFN2/c1-2-8(12)3-4-14-10-9(13)5-7(11)6-15-10/h5-6,8H,2-4H2,1H3,(H,14,15). The highest BCUT2D eigenvalue weighted by molar-refractivity contribution is 9.10. The Morgan fingerprint density at radius 1 is 1.67 bits per heavy atom. The number of aromatic nitrogens is 1. The van der Waals surface area contributed by atoms with E-state index in [4.69, 9.17) is 11.6 Å². The molecule has 15 heavy (non-hydrogen) atoms. The van der Waals surface area contributed by atoms with Crippen LogP contribution in [0.5, 0.6) is 0 Å². The van der Waals surface area contributed by atoms with Crippen LogP contribution in [0.1, 0.15) is 19.8 Å². The van der Waals surface area contributed by atoms with Crippen LogP contribution in [0.25, 0.3) is 0 Å². The van der Waals surface area contributed by atoms with Crippen molar-refractivity contribution in [2.24, 2.45) is 0 Å². The fourth-order valence-electron chi connectivity index (χ4n) is 1.10. The summed E-state index contributed by atoms with van der Waals surface area (Å²) in [6.07, 6.45) is 3.28. The molecular weight excluding hydrogens is 282 g/mol. The summed E-state index contributed by atoms with van der Waals surface area (Å²) in [7, 11) is 0. The Morgan fingerprint density at radius 3 is 3.00 bits per heavy atom. The van der Waals surface area contributed by atoms with Crippen LogP contribution in [0.3, 0.4) is 0 Å². The number of anilines is 1. The van der Waals surface area contributed by atoms with E-state index >= 15 is 0 Å². The van der Waals surface area contributed by atoms with Crippen molar-refractivity contribution in [3.63, 3.8) is 0 Å². The largest absolute Gasteiger partial charge is 0.368 e. The molecule has 0 aliphatic rings. The highest BCUT2D eigenvalue weighted by atomic mass is 79.9. The molecule has 0 bridgehead atoms. The van der Waals surface area contributed by atoms with E-state index < -0.39 is 0 Å². The van der Waals surface area contributed by atoms with Gasteiger partial charge < -0.3 is 5.32 Å². The summed E-state index contributed by atoms with van der Waals surface area (Å²) in [4.78, 5) is 3.92. The van der Waals surface area contributed by atoms with Crippen molar-refractivity contribution in [2.45, 2.75) is 25.1 Å². The van der Waals surface area contributed by atoms with E-state index in [0.29, 0.717) is 11.0 Å². The van der Waals surface area contributed by atoms with Crippen molar-refractivity contribution >= 4 is 33.3 Å². The average Bonchev–Trinajstić information content (AvgIpc) is 2.21. The van der Waals surface area contributed by atoms with Crippen LogP contribution in [0.15, 0.2) is 16.7 Å². The Morgan fingerprint density at radius 2 is 2.40 bits per heavy atom. The first-order valence-electron chi connectivity index (χ1n) is 4.82. The zero-order valence-corrected chi connectivity index (χ0v) is 10.8. The van der Waals surface area contributed by atoms with E-state index in [1.54, 1.807) is 6.20 Å². The van der Waals surface area contributed by atoms with Gasteiger partial charge in [0, 0.05) is 22.6 Å². The van der Waals surface area contributed by atoms with E-state index in [0.717, 1.165) is 12.8 Å². The van der Waals surface area contributed by atoms with Crippen LogP contribution in [0.4, 0.5) is 10.2 Å². The van der Waals surface area contributed by atoms with Gasteiger partial charge in [0.1, 0.15) is 0 Å². The van der Waals surface area contributed by atoms with E-state index in [1.807, 2.05) is 6.92 Å². The molecule has 0 aliphatic carbocycles. The van der Waals surface area contributed by atoms with Crippen LogP contribution in [-0.4, -0.2) is 16.9 Å². The molecule has 0 aromatic carbocycles. The summed E-state index contributed by atoms with van der Waals surface area (Å²) >= 11 is 9.08. The molecule has 5 heteroatoms. The number of halogens is 3. The molecule has 0 aliphatic heterocycles. The Kier molecular flexibility index (Phi) is 5.32. The second-order valence-electron chi connectivity index (χ2n) is 3.20. The molecular formula is C10H13BrClFN2. The number of nitrogens with zero attached hydrogens (tertiary/aromatic N) is 1. The third kappa shape index (κ3) is 4.34. The minimum absolute atomic E-state index is 0.135. The van der Waals surface area contributed by atoms with Crippen LogP contribution in [-0.2, 0) is 0 Å². The van der Waals surface area contributed by atoms with E-state index in [2.05, 4.69) is 26.2 Å². The molecule has 2 nitrogen and oxygen atoms in total. The molecule has 0 spiro atoms. The number of hydrogen-bond acceptors (Lipinski definition) is 2. The van der Waals surface area contributed by atoms with Crippen molar-refractivity contribution < 1.29 is 4.39 Å². The van der Waals surface area contributed by atoms with Gasteiger partial charge in [-0.05, 0) is 34.8 Å². The van der Waals surface area contributed by atoms with Crippen molar-refractivity contribution in [1.82, 2.24) is 4.98 Å². The SMILES string of the molecule is CCC(Cl)CCNc1ncc(Br)cc1F. The number of alkyl halides is 1. The van der Waals surface area contributed by atoms with Gasteiger partial charge in [-0.25, -0.2) is 9.37 Å². The lowest BCUT2D eigenvalue weighted by molar-refractivity contribution is 0.622. The minimum atomic E-state index is -0.355. The first-order chi connectivity index (χ1) is 7.13. The highest BCUT2D eigenvalue weighted by Gasteiger charge is 2.05. The van der Waals surface area contributed by atoms with Gasteiger partial charge in [-0.1, -0.05) is 6.92 Å².